The molecule has 36 heavy (non-hydrogen) atoms. The van der Waals surface area contributed by atoms with Crippen LogP contribution in [0.25, 0.3) is 10.8 Å². The largest absolute Gasteiger partial charge is 0.345 e. The molecule has 1 aliphatic rings. The Labute approximate surface area is 211 Å². The molecule has 2 N–H and O–H groups in total. The molecule has 4 aromatic rings. The average Bonchev–Trinajstić information content (AvgIpc) is 2.90. The number of nitrogens with zero attached hydrogens (tertiary/aromatic N) is 2. The SMILES string of the molecule is CC(NC(=O)c1ccc(CN2CCN(Cc3ccccc3)CC2)[nH]c1=O)c1cccc2ccccc12. The van der Waals surface area contributed by atoms with Crippen molar-refractivity contribution in [2.45, 2.75) is 26.1 Å². The molecule has 0 saturated carbocycles. The van der Waals surface area contributed by atoms with Crippen LogP contribution in [0.1, 0.15) is 40.1 Å². The minimum atomic E-state index is -0.363. The molecule has 184 valence electrons. The zero-order valence-corrected chi connectivity index (χ0v) is 20.6. The summed E-state index contributed by atoms with van der Waals surface area (Å²) in [5, 5.41) is 5.22. The Morgan fingerprint density at radius 3 is 2.25 bits per heavy atom. The standard InChI is InChI=1S/C30H32N4O2/c1-22(26-13-7-11-24-10-5-6-12-27(24)26)31-29(35)28-15-14-25(32-30(28)36)21-34-18-16-33(17-19-34)20-23-8-3-2-4-9-23/h2-15,22H,16-21H2,1H3,(H,31,35)(H,32,36). The van der Waals surface area contributed by atoms with Crippen LogP contribution in [0.3, 0.4) is 0 Å². The summed E-state index contributed by atoms with van der Waals surface area (Å²) in [5.74, 6) is -0.363. The lowest BCUT2D eigenvalue weighted by Crippen LogP contribution is -2.45. The number of carbonyl (C=O) groups is 1. The monoisotopic (exact) mass is 480 g/mol. The van der Waals surface area contributed by atoms with Crippen molar-refractivity contribution in [2.75, 3.05) is 26.2 Å². The van der Waals surface area contributed by atoms with Crippen LogP contribution in [0.4, 0.5) is 0 Å². The van der Waals surface area contributed by atoms with Crippen LogP contribution in [0.15, 0.2) is 89.7 Å². The Kier molecular flexibility index (Phi) is 7.26. The fraction of sp³-hybridized carbons (Fsp3) is 0.267. The molecule has 3 aromatic carbocycles. The summed E-state index contributed by atoms with van der Waals surface area (Å²) in [5.41, 5.74) is 2.98. The van der Waals surface area contributed by atoms with Gasteiger partial charge in [0.15, 0.2) is 0 Å². The van der Waals surface area contributed by atoms with Gasteiger partial charge in [0, 0.05) is 45.0 Å². The highest BCUT2D eigenvalue weighted by Crippen LogP contribution is 2.24. The summed E-state index contributed by atoms with van der Waals surface area (Å²) in [6.45, 7) is 7.45. The van der Waals surface area contributed by atoms with Crippen molar-refractivity contribution in [3.8, 4) is 0 Å². The number of amides is 1. The lowest BCUT2D eigenvalue weighted by Gasteiger charge is -2.34. The highest BCUT2D eigenvalue weighted by atomic mass is 16.2. The van der Waals surface area contributed by atoms with Gasteiger partial charge in [0.2, 0.25) is 0 Å². The predicted molar refractivity (Wildman–Crippen MR) is 144 cm³/mol. The Bertz CT molecular complexity index is 1390. The Morgan fingerprint density at radius 2 is 1.50 bits per heavy atom. The summed E-state index contributed by atoms with van der Waals surface area (Å²) < 4.78 is 0. The van der Waals surface area contributed by atoms with Gasteiger partial charge in [-0.3, -0.25) is 19.4 Å². The van der Waals surface area contributed by atoms with E-state index in [-0.39, 0.29) is 23.1 Å². The fourth-order valence-corrected chi connectivity index (χ4v) is 4.95. The molecule has 6 heteroatoms. The molecule has 1 aliphatic heterocycles. The number of hydrogen-bond donors (Lipinski definition) is 2. The third-order valence-electron chi connectivity index (χ3n) is 6.96. The number of fused-ring (bicyclic) bond motifs is 1. The topological polar surface area (TPSA) is 68.4 Å². The Balaban J connectivity index is 1.18. The number of pyridine rings is 1. The maximum Gasteiger partial charge on any atom is 0.261 e. The molecule has 2 heterocycles. The number of hydrogen-bond acceptors (Lipinski definition) is 4. The van der Waals surface area contributed by atoms with Crippen LogP contribution in [0, 0.1) is 0 Å². The van der Waals surface area contributed by atoms with E-state index in [1.54, 1.807) is 6.07 Å². The minimum Gasteiger partial charge on any atom is -0.345 e. The Hall–Kier alpha value is -3.74. The number of nitrogens with one attached hydrogen (secondary N) is 2. The number of aromatic amines is 1. The molecule has 5 rings (SSSR count). The van der Waals surface area contributed by atoms with E-state index in [4.69, 9.17) is 0 Å². The van der Waals surface area contributed by atoms with E-state index in [1.807, 2.05) is 43.3 Å². The molecule has 0 aliphatic carbocycles. The van der Waals surface area contributed by atoms with Crippen LogP contribution in [-0.4, -0.2) is 46.9 Å². The normalized spacial score (nSPS) is 15.6. The zero-order chi connectivity index (χ0) is 24.9. The van der Waals surface area contributed by atoms with Gasteiger partial charge >= 0.3 is 0 Å². The molecule has 1 atom stereocenters. The van der Waals surface area contributed by atoms with Gasteiger partial charge in [-0.1, -0.05) is 72.8 Å². The number of benzene rings is 3. The third-order valence-corrected chi connectivity index (χ3v) is 6.96. The smallest absolute Gasteiger partial charge is 0.261 e. The van der Waals surface area contributed by atoms with E-state index in [9.17, 15) is 9.59 Å². The molecule has 1 saturated heterocycles. The van der Waals surface area contributed by atoms with Crippen LogP contribution < -0.4 is 10.9 Å². The number of carbonyl (C=O) groups excluding carboxylic acids is 1. The van der Waals surface area contributed by atoms with Crippen molar-refractivity contribution < 1.29 is 4.79 Å². The first kappa shape index (κ1) is 24.0. The van der Waals surface area contributed by atoms with Crippen LogP contribution in [-0.2, 0) is 13.1 Å². The molecular weight excluding hydrogens is 448 g/mol. The minimum absolute atomic E-state index is 0.138. The first-order valence-electron chi connectivity index (χ1n) is 12.6. The predicted octanol–water partition coefficient (Wildman–Crippen LogP) is 4.34. The van der Waals surface area contributed by atoms with Gasteiger partial charge in [0.1, 0.15) is 5.56 Å². The molecule has 1 aromatic heterocycles. The van der Waals surface area contributed by atoms with Gasteiger partial charge in [-0.25, -0.2) is 0 Å². The molecule has 6 nitrogen and oxygen atoms in total. The summed E-state index contributed by atoms with van der Waals surface area (Å²) in [6.07, 6.45) is 0. The zero-order valence-electron chi connectivity index (χ0n) is 20.6. The summed E-state index contributed by atoms with van der Waals surface area (Å²) >= 11 is 0. The first-order chi connectivity index (χ1) is 17.6. The molecule has 1 unspecified atom stereocenters. The van der Waals surface area contributed by atoms with Gasteiger partial charge in [0.25, 0.3) is 11.5 Å². The second kappa shape index (κ2) is 10.9. The van der Waals surface area contributed by atoms with Gasteiger partial charge in [-0.15, -0.1) is 0 Å². The second-order valence-corrected chi connectivity index (χ2v) is 9.53. The molecule has 1 fully saturated rings. The maximum atomic E-state index is 12.9. The number of rotatable bonds is 7. The van der Waals surface area contributed by atoms with E-state index in [0.29, 0.717) is 6.54 Å². The van der Waals surface area contributed by atoms with E-state index >= 15 is 0 Å². The van der Waals surface area contributed by atoms with Crippen LogP contribution in [0.2, 0.25) is 0 Å². The van der Waals surface area contributed by atoms with E-state index in [2.05, 4.69) is 62.6 Å². The van der Waals surface area contributed by atoms with Gasteiger partial charge in [-0.05, 0) is 41.0 Å². The second-order valence-electron chi connectivity index (χ2n) is 9.53. The fourth-order valence-electron chi connectivity index (χ4n) is 4.95. The molecule has 0 radical (unpaired) electrons. The van der Waals surface area contributed by atoms with E-state index in [0.717, 1.165) is 54.8 Å². The number of aromatic nitrogens is 1. The van der Waals surface area contributed by atoms with Crippen LogP contribution >= 0.6 is 0 Å². The lowest BCUT2D eigenvalue weighted by molar-refractivity contribution is 0.0938. The maximum absolute atomic E-state index is 12.9. The van der Waals surface area contributed by atoms with Gasteiger partial charge < -0.3 is 10.3 Å². The lowest BCUT2D eigenvalue weighted by atomic mass is 9.99. The third kappa shape index (κ3) is 5.56. The molecule has 0 spiro atoms. The highest BCUT2D eigenvalue weighted by molar-refractivity contribution is 5.94. The van der Waals surface area contributed by atoms with Crippen molar-refractivity contribution in [1.82, 2.24) is 20.1 Å². The molecular formula is C30H32N4O2. The quantitative estimate of drug-likeness (QED) is 0.413. The first-order valence-corrected chi connectivity index (χ1v) is 12.6. The van der Waals surface area contributed by atoms with E-state index < -0.39 is 0 Å². The van der Waals surface area contributed by atoms with Crippen molar-refractivity contribution in [2.24, 2.45) is 0 Å². The number of H-pyrrole nitrogens is 1. The van der Waals surface area contributed by atoms with Crippen molar-refractivity contribution in [1.29, 1.82) is 0 Å². The van der Waals surface area contributed by atoms with Gasteiger partial charge in [0.05, 0.1) is 6.04 Å². The van der Waals surface area contributed by atoms with Gasteiger partial charge in [-0.2, -0.15) is 0 Å². The summed E-state index contributed by atoms with van der Waals surface area (Å²) in [4.78, 5) is 33.4. The summed E-state index contributed by atoms with van der Waals surface area (Å²) in [7, 11) is 0. The number of piperazine rings is 1. The highest BCUT2D eigenvalue weighted by Gasteiger charge is 2.19. The van der Waals surface area contributed by atoms with Crippen molar-refractivity contribution in [3.63, 3.8) is 0 Å². The molecule has 0 bridgehead atoms. The van der Waals surface area contributed by atoms with Crippen molar-refractivity contribution >= 4 is 16.7 Å². The van der Waals surface area contributed by atoms with Crippen molar-refractivity contribution in [3.05, 3.63) is 118 Å². The average molecular weight is 481 g/mol. The Morgan fingerprint density at radius 1 is 0.833 bits per heavy atom. The summed E-state index contributed by atoms with van der Waals surface area (Å²) in [6, 6.07) is 28.0. The molecule has 1 amide bonds. The van der Waals surface area contributed by atoms with Crippen LogP contribution in [0.5, 0.6) is 0 Å². The van der Waals surface area contributed by atoms with E-state index in [1.165, 1.54) is 5.56 Å².